The van der Waals surface area contributed by atoms with Gasteiger partial charge in [0.25, 0.3) is 15.9 Å². The van der Waals surface area contributed by atoms with Crippen molar-refractivity contribution in [2.24, 2.45) is 13.0 Å². The van der Waals surface area contributed by atoms with Gasteiger partial charge in [0.15, 0.2) is 5.03 Å². The zero-order valence-corrected chi connectivity index (χ0v) is 22.2. The summed E-state index contributed by atoms with van der Waals surface area (Å²) < 4.78 is 41.5. The number of methoxy groups -OCH3 is 1. The number of carbonyl (C=O) groups is 1. The quantitative estimate of drug-likeness (QED) is 0.640. The SMILES string of the molecule is CCCN1C[C@H](C)[C@@H](OC)CN(C)C(=O)c2ccc(NS(=O)(=O)c3cn(C)cn3)cc2OC[C@H]1C. The van der Waals surface area contributed by atoms with Gasteiger partial charge in [-0.05, 0) is 37.9 Å². The van der Waals surface area contributed by atoms with Gasteiger partial charge in [-0.1, -0.05) is 13.8 Å². The molecular weight excluding hydrogens is 470 g/mol. The molecule has 0 spiro atoms. The summed E-state index contributed by atoms with van der Waals surface area (Å²) in [4.78, 5) is 21.2. The minimum atomic E-state index is -3.88. The number of amides is 1. The number of rotatable bonds is 6. The van der Waals surface area contributed by atoms with E-state index in [1.165, 1.54) is 12.5 Å². The maximum absolute atomic E-state index is 13.3. The predicted octanol–water partition coefficient (Wildman–Crippen LogP) is 2.44. The van der Waals surface area contributed by atoms with E-state index >= 15 is 0 Å². The Balaban J connectivity index is 1.95. The Morgan fingerprint density at radius 3 is 2.60 bits per heavy atom. The fraction of sp³-hybridized carbons (Fsp3) is 0.583. The van der Waals surface area contributed by atoms with Crippen LogP contribution < -0.4 is 9.46 Å². The van der Waals surface area contributed by atoms with E-state index in [1.54, 1.807) is 48.9 Å². The molecule has 1 aromatic carbocycles. The number of imidazole rings is 1. The molecular formula is C24H37N5O5S. The Morgan fingerprint density at radius 1 is 1.23 bits per heavy atom. The maximum atomic E-state index is 13.3. The second-order valence-corrected chi connectivity index (χ2v) is 10.9. The number of likely N-dealkylation sites (N-methyl/N-ethyl adjacent to an activating group) is 1. The molecule has 35 heavy (non-hydrogen) atoms. The molecule has 1 amide bonds. The second kappa shape index (κ2) is 11.4. The van der Waals surface area contributed by atoms with Crippen LogP contribution in [0, 0.1) is 5.92 Å². The van der Waals surface area contributed by atoms with E-state index in [4.69, 9.17) is 9.47 Å². The van der Waals surface area contributed by atoms with Crippen LogP contribution >= 0.6 is 0 Å². The van der Waals surface area contributed by atoms with Gasteiger partial charge in [-0.3, -0.25) is 14.4 Å². The van der Waals surface area contributed by atoms with Gasteiger partial charge in [-0.2, -0.15) is 8.42 Å². The van der Waals surface area contributed by atoms with E-state index in [9.17, 15) is 13.2 Å². The lowest BCUT2D eigenvalue weighted by Crippen LogP contribution is -2.46. The van der Waals surface area contributed by atoms with Crippen molar-refractivity contribution in [2.45, 2.75) is 44.4 Å². The second-order valence-electron chi connectivity index (χ2n) is 9.29. The molecule has 1 aliphatic rings. The highest BCUT2D eigenvalue weighted by atomic mass is 32.2. The number of ether oxygens (including phenoxy) is 2. The molecule has 1 aliphatic heterocycles. The van der Waals surface area contributed by atoms with Crippen LogP contribution in [0.1, 0.15) is 37.6 Å². The van der Waals surface area contributed by atoms with E-state index in [2.05, 4.69) is 35.4 Å². The summed E-state index contributed by atoms with van der Waals surface area (Å²) in [6.45, 7) is 8.89. The molecule has 11 heteroatoms. The van der Waals surface area contributed by atoms with Gasteiger partial charge in [-0.15, -0.1) is 0 Å². The molecule has 0 bridgehead atoms. The molecule has 1 aromatic heterocycles. The third-order valence-electron chi connectivity index (χ3n) is 6.30. The van der Waals surface area contributed by atoms with Crippen LogP contribution in [0.3, 0.4) is 0 Å². The van der Waals surface area contributed by atoms with Crippen molar-refractivity contribution in [2.75, 3.05) is 45.1 Å². The third kappa shape index (κ3) is 6.53. The zero-order chi connectivity index (χ0) is 25.8. The smallest absolute Gasteiger partial charge is 0.280 e. The molecule has 0 saturated heterocycles. The molecule has 3 rings (SSSR count). The zero-order valence-electron chi connectivity index (χ0n) is 21.4. The van der Waals surface area contributed by atoms with Crippen molar-refractivity contribution in [3.63, 3.8) is 0 Å². The van der Waals surface area contributed by atoms with Crippen LogP contribution in [0.25, 0.3) is 0 Å². The normalized spacial score (nSPS) is 22.6. The standard InChI is InChI=1S/C24H37N5O5S/c1-7-10-29-12-17(2)22(33-6)13-28(5)24(30)20-9-8-19(11-21(20)34-15-18(29)3)26-35(31,32)23-14-27(4)16-25-23/h8-9,11,14,16-18,22,26H,7,10,12-13,15H2,1-6H3/t17-,18+,22-/m0/s1. The number of carbonyl (C=O) groups excluding carboxylic acids is 1. The summed E-state index contributed by atoms with van der Waals surface area (Å²) in [5, 5.41) is -0.0898. The molecule has 2 aromatic rings. The third-order valence-corrected chi connectivity index (χ3v) is 7.56. The molecule has 2 heterocycles. The van der Waals surface area contributed by atoms with Crippen molar-refractivity contribution in [1.29, 1.82) is 0 Å². The summed E-state index contributed by atoms with van der Waals surface area (Å²) in [6.07, 6.45) is 3.72. The number of aryl methyl sites for hydroxylation is 1. The molecule has 1 N–H and O–H groups in total. The maximum Gasteiger partial charge on any atom is 0.280 e. The van der Waals surface area contributed by atoms with Crippen LogP contribution in [0.15, 0.2) is 35.7 Å². The molecule has 0 aliphatic carbocycles. The fourth-order valence-corrected chi connectivity index (χ4v) is 5.28. The van der Waals surface area contributed by atoms with Gasteiger partial charge >= 0.3 is 0 Å². The van der Waals surface area contributed by atoms with Crippen LogP contribution in [-0.4, -0.2) is 86.2 Å². The van der Waals surface area contributed by atoms with E-state index in [0.29, 0.717) is 30.2 Å². The van der Waals surface area contributed by atoms with Crippen LogP contribution in [0.4, 0.5) is 5.69 Å². The highest BCUT2D eigenvalue weighted by molar-refractivity contribution is 7.92. The first-order valence-corrected chi connectivity index (χ1v) is 13.3. The number of nitrogens with one attached hydrogen (secondary N) is 1. The Labute approximate surface area is 208 Å². The Bertz CT molecular complexity index is 1120. The first-order valence-electron chi connectivity index (χ1n) is 11.9. The van der Waals surface area contributed by atoms with Gasteiger partial charge in [-0.25, -0.2) is 4.98 Å². The Kier molecular flexibility index (Phi) is 8.79. The van der Waals surface area contributed by atoms with Crippen molar-refractivity contribution >= 4 is 21.6 Å². The number of benzene rings is 1. The number of aromatic nitrogens is 2. The number of fused-ring (bicyclic) bond motifs is 1. The van der Waals surface area contributed by atoms with Crippen LogP contribution in [-0.2, 0) is 21.8 Å². The average molecular weight is 508 g/mol. The minimum absolute atomic E-state index is 0.0869. The molecule has 0 saturated carbocycles. The van der Waals surface area contributed by atoms with E-state index in [1.807, 2.05) is 0 Å². The van der Waals surface area contributed by atoms with Crippen LogP contribution in [0.2, 0.25) is 0 Å². The van der Waals surface area contributed by atoms with Crippen molar-refractivity contribution in [3.8, 4) is 5.75 Å². The molecule has 0 fully saturated rings. The predicted molar refractivity (Wildman–Crippen MR) is 134 cm³/mol. The molecule has 194 valence electrons. The van der Waals surface area contributed by atoms with Crippen molar-refractivity contribution in [3.05, 3.63) is 36.3 Å². The van der Waals surface area contributed by atoms with Crippen LogP contribution in [0.5, 0.6) is 5.75 Å². The lowest BCUT2D eigenvalue weighted by atomic mass is 10.0. The monoisotopic (exact) mass is 507 g/mol. The molecule has 0 radical (unpaired) electrons. The van der Waals surface area contributed by atoms with E-state index < -0.39 is 10.0 Å². The first kappa shape index (κ1) is 27.0. The minimum Gasteiger partial charge on any atom is -0.491 e. The number of nitrogens with zero attached hydrogens (tertiary/aromatic N) is 4. The van der Waals surface area contributed by atoms with Gasteiger partial charge in [0.05, 0.1) is 23.7 Å². The summed E-state index contributed by atoms with van der Waals surface area (Å²) >= 11 is 0. The van der Waals surface area contributed by atoms with Gasteiger partial charge in [0.2, 0.25) is 0 Å². The van der Waals surface area contributed by atoms with Gasteiger partial charge in [0.1, 0.15) is 12.4 Å². The average Bonchev–Trinajstić information content (AvgIpc) is 3.26. The van der Waals surface area contributed by atoms with Crippen molar-refractivity contribution in [1.82, 2.24) is 19.4 Å². The van der Waals surface area contributed by atoms with Gasteiger partial charge < -0.3 is 18.9 Å². The van der Waals surface area contributed by atoms with Gasteiger partial charge in [0, 0.05) is 52.6 Å². The van der Waals surface area contributed by atoms with E-state index in [-0.39, 0.29) is 29.0 Å². The number of sulfonamides is 1. The largest absolute Gasteiger partial charge is 0.491 e. The lowest BCUT2D eigenvalue weighted by molar-refractivity contribution is 0.0108. The summed E-state index contributed by atoms with van der Waals surface area (Å²) in [7, 11) is 1.22. The van der Waals surface area contributed by atoms with Crippen molar-refractivity contribution < 1.29 is 22.7 Å². The van der Waals surface area contributed by atoms with E-state index in [0.717, 1.165) is 19.5 Å². The Hall–Kier alpha value is -2.63. The summed E-state index contributed by atoms with van der Waals surface area (Å²) in [5.74, 6) is 0.326. The highest BCUT2D eigenvalue weighted by Gasteiger charge is 2.28. The molecule has 0 unspecified atom stereocenters. The lowest BCUT2D eigenvalue weighted by Gasteiger charge is -2.35. The number of anilines is 1. The summed E-state index contributed by atoms with van der Waals surface area (Å²) in [6, 6.07) is 4.80. The number of hydrogen-bond acceptors (Lipinski definition) is 7. The highest BCUT2D eigenvalue weighted by Crippen LogP contribution is 2.28. The number of hydrogen-bond donors (Lipinski definition) is 1. The Morgan fingerprint density at radius 2 is 1.97 bits per heavy atom. The fourth-order valence-electron chi connectivity index (χ4n) is 4.24. The molecule has 3 atom stereocenters. The first-order chi connectivity index (χ1) is 16.6. The topological polar surface area (TPSA) is 106 Å². The summed E-state index contributed by atoms with van der Waals surface area (Å²) in [5.41, 5.74) is 0.656. The molecule has 10 nitrogen and oxygen atoms in total.